The molecule has 3 N–H and O–H groups in total. The van der Waals surface area contributed by atoms with Gasteiger partial charge in [0.1, 0.15) is 24.0 Å². The fraction of sp³-hybridized carbons (Fsp3) is 0.259. The van der Waals surface area contributed by atoms with E-state index in [0.29, 0.717) is 46.2 Å². The molecule has 1 amide bonds. The molecule has 4 aromatic rings. The number of aromatic nitrogens is 5. The normalized spacial score (nSPS) is 18.7. The summed E-state index contributed by atoms with van der Waals surface area (Å²) in [6.07, 6.45) is 11.1. The highest BCUT2D eigenvalue weighted by atomic mass is 32.2. The van der Waals surface area contributed by atoms with E-state index >= 15 is 4.39 Å². The number of allylic oxidation sites excluding steroid dienone is 1. The van der Waals surface area contributed by atoms with Crippen molar-refractivity contribution in [2.24, 2.45) is 10.9 Å². The lowest BCUT2D eigenvalue weighted by Gasteiger charge is -2.24. The number of hydrogen-bond donors (Lipinski definition) is 3. The van der Waals surface area contributed by atoms with E-state index in [0.717, 1.165) is 36.6 Å². The van der Waals surface area contributed by atoms with Crippen LogP contribution < -0.4 is 10.6 Å². The topological polar surface area (TPSA) is 121 Å². The molecule has 1 unspecified atom stereocenters. The van der Waals surface area contributed by atoms with Crippen LogP contribution in [0.25, 0.3) is 22.3 Å². The van der Waals surface area contributed by atoms with Crippen LogP contribution >= 0.6 is 11.8 Å². The van der Waals surface area contributed by atoms with Crippen molar-refractivity contribution in [2.45, 2.75) is 30.9 Å². The van der Waals surface area contributed by atoms with Gasteiger partial charge in [-0.2, -0.15) is 4.39 Å². The van der Waals surface area contributed by atoms with Gasteiger partial charge in [0.15, 0.2) is 16.6 Å². The van der Waals surface area contributed by atoms with Crippen molar-refractivity contribution < 1.29 is 13.6 Å². The van der Waals surface area contributed by atoms with Gasteiger partial charge in [0.2, 0.25) is 5.91 Å². The minimum atomic E-state index is -0.540. The fourth-order valence-electron chi connectivity index (χ4n) is 5.01. The summed E-state index contributed by atoms with van der Waals surface area (Å²) in [4.78, 5) is 37.8. The molecule has 4 aromatic heterocycles. The predicted octanol–water partition coefficient (Wildman–Crippen LogP) is 5.50. The Bertz CT molecular complexity index is 1700. The third kappa shape index (κ3) is 4.24. The molecule has 39 heavy (non-hydrogen) atoms. The van der Waals surface area contributed by atoms with E-state index < -0.39 is 5.82 Å². The van der Waals surface area contributed by atoms with E-state index in [1.165, 1.54) is 12.4 Å². The van der Waals surface area contributed by atoms with Gasteiger partial charge >= 0.3 is 0 Å². The number of pyridine rings is 3. The Labute approximate surface area is 225 Å². The van der Waals surface area contributed by atoms with Crippen LogP contribution in [0.15, 0.2) is 53.1 Å². The number of aromatic amines is 1. The Hall–Kier alpha value is -4.19. The van der Waals surface area contributed by atoms with Crippen molar-refractivity contribution in [2.75, 3.05) is 17.3 Å². The SMILES string of the molecule is O=C(Nc1cncc(-c2cnc3c(c2F)C(c2nc4nccc(C5CC=C(F)S5)c4[nH]2)=NCN3)c1)C1CCC1. The zero-order valence-electron chi connectivity index (χ0n) is 20.5. The van der Waals surface area contributed by atoms with Crippen LogP contribution in [0.3, 0.4) is 0 Å². The molecule has 1 fully saturated rings. The Kier molecular flexibility index (Phi) is 5.84. The quantitative estimate of drug-likeness (QED) is 0.303. The molecule has 1 atom stereocenters. The first-order valence-electron chi connectivity index (χ1n) is 12.7. The summed E-state index contributed by atoms with van der Waals surface area (Å²) in [6, 6.07) is 3.53. The van der Waals surface area contributed by atoms with Gasteiger partial charge in [0.25, 0.3) is 0 Å². The van der Waals surface area contributed by atoms with Crippen LogP contribution in [0.4, 0.5) is 20.3 Å². The lowest BCUT2D eigenvalue weighted by Crippen LogP contribution is -2.28. The summed E-state index contributed by atoms with van der Waals surface area (Å²) in [7, 11) is 0. The molecule has 196 valence electrons. The third-order valence-electron chi connectivity index (χ3n) is 7.27. The number of hydrogen-bond acceptors (Lipinski definition) is 8. The number of rotatable bonds is 5. The second kappa shape index (κ2) is 9.53. The highest BCUT2D eigenvalue weighted by Crippen LogP contribution is 2.45. The van der Waals surface area contributed by atoms with Crippen molar-refractivity contribution in [3.05, 3.63) is 70.9 Å². The molecule has 6 heterocycles. The van der Waals surface area contributed by atoms with E-state index in [1.807, 2.05) is 6.07 Å². The van der Waals surface area contributed by atoms with Gasteiger partial charge in [-0.15, -0.1) is 0 Å². The molecule has 1 aliphatic carbocycles. The number of halogens is 2. The number of nitrogens with one attached hydrogen (secondary N) is 3. The van der Waals surface area contributed by atoms with Gasteiger partial charge in [-0.05, 0) is 43.0 Å². The standard InChI is InChI=1S/C27H22F2N8OS/c28-19-5-4-18(39-19)16-6-7-31-25-22(16)36-26(37-25)23-20-21(29)17(11-32-24(20)34-12-33-23)14-8-15(10-30-9-14)35-27(38)13-2-1-3-13/h5-11,13,18H,1-4,12H2,(H,32,34)(H,35,38)(H,31,36,37). The van der Waals surface area contributed by atoms with Crippen LogP contribution in [-0.2, 0) is 4.79 Å². The number of carbonyl (C=O) groups is 1. The summed E-state index contributed by atoms with van der Waals surface area (Å²) >= 11 is 1.16. The minimum absolute atomic E-state index is 0.0158. The van der Waals surface area contributed by atoms with Crippen LogP contribution in [0.1, 0.15) is 47.9 Å². The number of imidazole rings is 1. The molecule has 0 aromatic carbocycles. The van der Waals surface area contributed by atoms with Gasteiger partial charge in [-0.1, -0.05) is 18.2 Å². The molecular formula is C27H22F2N8OS. The van der Waals surface area contributed by atoms with Crippen molar-refractivity contribution in [3.63, 3.8) is 0 Å². The monoisotopic (exact) mass is 544 g/mol. The molecule has 0 spiro atoms. The van der Waals surface area contributed by atoms with Gasteiger partial charge in [0.05, 0.1) is 23.0 Å². The average molecular weight is 545 g/mol. The summed E-state index contributed by atoms with van der Waals surface area (Å²) in [5.74, 6) is 0.121. The fourth-order valence-corrected chi connectivity index (χ4v) is 5.99. The number of carbonyl (C=O) groups excluding carboxylic acids is 1. The summed E-state index contributed by atoms with van der Waals surface area (Å²) in [5.41, 5.74) is 3.66. The molecule has 7 rings (SSSR count). The smallest absolute Gasteiger partial charge is 0.227 e. The van der Waals surface area contributed by atoms with Gasteiger partial charge in [-0.3, -0.25) is 14.8 Å². The maximum Gasteiger partial charge on any atom is 0.227 e. The van der Waals surface area contributed by atoms with Crippen molar-refractivity contribution in [1.29, 1.82) is 0 Å². The predicted molar refractivity (Wildman–Crippen MR) is 146 cm³/mol. The van der Waals surface area contributed by atoms with Crippen molar-refractivity contribution >= 4 is 46.0 Å². The number of H-pyrrole nitrogens is 1. The number of nitrogens with zero attached hydrogens (tertiary/aromatic N) is 5. The highest BCUT2D eigenvalue weighted by Gasteiger charge is 2.29. The molecule has 12 heteroatoms. The van der Waals surface area contributed by atoms with Crippen LogP contribution in [-0.4, -0.2) is 43.2 Å². The van der Waals surface area contributed by atoms with Crippen molar-refractivity contribution in [1.82, 2.24) is 24.9 Å². The van der Waals surface area contributed by atoms with E-state index in [9.17, 15) is 9.18 Å². The van der Waals surface area contributed by atoms with E-state index in [4.69, 9.17) is 0 Å². The first-order valence-corrected chi connectivity index (χ1v) is 13.5. The molecule has 9 nitrogen and oxygen atoms in total. The Balaban J connectivity index is 1.25. The highest BCUT2D eigenvalue weighted by molar-refractivity contribution is 8.03. The second-order valence-electron chi connectivity index (χ2n) is 9.67. The maximum atomic E-state index is 16.2. The molecule has 1 saturated carbocycles. The van der Waals surface area contributed by atoms with Crippen LogP contribution in [0, 0.1) is 11.7 Å². The number of thioether (sulfide) groups is 1. The zero-order chi connectivity index (χ0) is 26.5. The molecule has 0 bridgehead atoms. The molecule has 2 aliphatic heterocycles. The molecule has 0 radical (unpaired) electrons. The Morgan fingerprint density at radius 2 is 2.05 bits per heavy atom. The van der Waals surface area contributed by atoms with Crippen molar-refractivity contribution in [3.8, 4) is 11.1 Å². The van der Waals surface area contributed by atoms with Gasteiger partial charge in [-0.25, -0.2) is 19.3 Å². The van der Waals surface area contributed by atoms with E-state index in [2.05, 4.69) is 40.5 Å². The zero-order valence-corrected chi connectivity index (χ0v) is 21.4. The summed E-state index contributed by atoms with van der Waals surface area (Å²) < 4.78 is 30.0. The first kappa shape index (κ1) is 23.9. The van der Waals surface area contributed by atoms with Gasteiger partial charge < -0.3 is 15.6 Å². The van der Waals surface area contributed by atoms with Crippen LogP contribution in [0.2, 0.25) is 0 Å². The van der Waals surface area contributed by atoms with Gasteiger partial charge in [0, 0.05) is 40.9 Å². The summed E-state index contributed by atoms with van der Waals surface area (Å²) in [6.45, 7) is 0.198. The Morgan fingerprint density at radius 1 is 1.15 bits per heavy atom. The average Bonchev–Trinajstić information content (AvgIpc) is 3.54. The number of anilines is 2. The second-order valence-corrected chi connectivity index (χ2v) is 10.9. The van der Waals surface area contributed by atoms with E-state index in [1.54, 1.807) is 24.5 Å². The molecule has 3 aliphatic rings. The summed E-state index contributed by atoms with van der Waals surface area (Å²) in [5, 5.41) is 5.60. The van der Waals surface area contributed by atoms with Crippen LogP contribution in [0.5, 0.6) is 0 Å². The minimum Gasteiger partial charge on any atom is -0.350 e. The first-order chi connectivity index (χ1) is 19.0. The van der Waals surface area contributed by atoms with E-state index in [-0.39, 0.29) is 40.0 Å². The Morgan fingerprint density at radius 3 is 2.85 bits per heavy atom. The lowest BCUT2D eigenvalue weighted by atomic mass is 9.85. The molecule has 0 saturated heterocycles. The third-order valence-corrected chi connectivity index (χ3v) is 8.39. The number of aliphatic imine (C=N–C) groups is 1. The number of amides is 1. The largest absolute Gasteiger partial charge is 0.350 e. The maximum absolute atomic E-state index is 16.2. The number of fused-ring (bicyclic) bond motifs is 2. The molecular weight excluding hydrogens is 522 g/mol. The lowest BCUT2D eigenvalue weighted by molar-refractivity contribution is -0.122.